The van der Waals surface area contributed by atoms with E-state index in [9.17, 15) is 18.8 Å². The topological polar surface area (TPSA) is 79.0 Å². The van der Waals surface area contributed by atoms with Gasteiger partial charge in [-0.3, -0.25) is 9.59 Å². The summed E-state index contributed by atoms with van der Waals surface area (Å²) in [5.41, 5.74) is 0.343. The molecule has 3 amide bonds. The average molecular weight is 365 g/mol. The van der Waals surface area contributed by atoms with Crippen LogP contribution in [0.1, 0.15) is 26.7 Å². The second-order valence-corrected chi connectivity index (χ2v) is 6.12. The first kappa shape index (κ1) is 19.7. The van der Waals surface area contributed by atoms with E-state index in [-0.39, 0.29) is 24.6 Å². The molecule has 0 aromatic heterocycles. The summed E-state index contributed by atoms with van der Waals surface area (Å²) in [6.45, 7) is 4.30. The molecule has 0 atom stereocenters. The van der Waals surface area contributed by atoms with Crippen LogP contribution in [0.3, 0.4) is 0 Å². The molecule has 8 heteroatoms. The minimum Gasteiger partial charge on any atom is -0.450 e. The quantitative estimate of drug-likeness (QED) is 0.868. The number of piperidine rings is 1. The fourth-order valence-corrected chi connectivity index (χ4v) is 2.99. The van der Waals surface area contributed by atoms with E-state index in [4.69, 9.17) is 4.74 Å². The number of carbonyl (C=O) groups excluding carboxylic acids is 3. The molecular formula is C18H24FN3O4. The van der Waals surface area contributed by atoms with Gasteiger partial charge in [0.1, 0.15) is 12.4 Å². The zero-order valence-electron chi connectivity index (χ0n) is 15.0. The highest BCUT2D eigenvalue weighted by Crippen LogP contribution is 2.18. The summed E-state index contributed by atoms with van der Waals surface area (Å²) in [7, 11) is 0. The summed E-state index contributed by atoms with van der Waals surface area (Å²) in [6, 6.07) is 5.45. The highest BCUT2D eigenvalue weighted by molar-refractivity contribution is 5.94. The number of hydrogen-bond donors (Lipinski definition) is 1. The lowest BCUT2D eigenvalue weighted by Gasteiger charge is -2.37. The molecule has 1 heterocycles. The number of hydrogen-bond acceptors (Lipinski definition) is 4. The van der Waals surface area contributed by atoms with Gasteiger partial charge in [0, 0.05) is 31.7 Å². The van der Waals surface area contributed by atoms with E-state index in [0.29, 0.717) is 38.2 Å². The largest absolute Gasteiger partial charge is 0.450 e. The number of benzene rings is 1. The van der Waals surface area contributed by atoms with Crippen molar-refractivity contribution < 1.29 is 23.5 Å². The van der Waals surface area contributed by atoms with Gasteiger partial charge in [-0.15, -0.1) is 0 Å². The number of halogens is 1. The number of carbonyl (C=O) groups is 3. The molecule has 1 fully saturated rings. The number of nitrogens with one attached hydrogen (secondary N) is 1. The first-order chi connectivity index (χ1) is 12.4. The molecule has 0 aliphatic carbocycles. The maximum absolute atomic E-state index is 13.2. The van der Waals surface area contributed by atoms with Crippen LogP contribution in [0.15, 0.2) is 24.3 Å². The van der Waals surface area contributed by atoms with E-state index in [1.807, 2.05) is 0 Å². The van der Waals surface area contributed by atoms with Crippen molar-refractivity contribution in [1.29, 1.82) is 0 Å². The Morgan fingerprint density at radius 1 is 1.31 bits per heavy atom. The van der Waals surface area contributed by atoms with Gasteiger partial charge in [0.25, 0.3) is 0 Å². The zero-order chi connectivity index (χ0) is 19.1. The van der Waals surface area contributed by atoms with Gasteiger partial charge in [-0.05, 0) is 38.0 Å². The number of likely N-dealkylation sites (tertiary alicyclic amines) is 1. The van der Waals surface area contributed by atoms with Gasteiger partial charge in [0.15, 0.2) is 0 Å². The fourth-order valence-electron chi connectivity index (χ4n) is 2.99. The average Bonchev–Trinajstić information content (AvgIpc) is 2.60. The third kappa shape index (κ3) is 5.44. The van der Waals surface area contributed by atoms with Crippen molar-refractivity contribution in [3.8, 4) is 0 Å². The smallest absolute Gasteiger partial charge is 0.409 e. The van der Waals surface area contributed by atoms with E-state index in [1.54, 1.807) is 17.9 Å². The van der Waals surface area contributed by atoms with Crippen LogP contribution in [0.5, 0.6) is 0 Å². The molecule has 142 valence electrons. The van der Waals surface area contributed by atoms with Crippen LogP contribution in [0.4, 0.5) is 14.9 Å². The Bertz CT molecular complexity index is 660. The van der Waals surface area contributed by atoms with Gasteiger partial charge in [0.2, 0.25) is 11.8 Å². The standard InChI is InChI=1S/C18H24FN3O4/c1-3-26-18(25)21-9-7-16(8-10-21)22(13(2)23)12-17(24)20-15-6-4-5-14(19)11-15/h4-6,11,16H,3,7-10,12H2,1-2H3,(H,20,24). The van der Waals surface area contributed by atoms with Crippen LogP contribution in [0, 0.1) is 5.82 Å². The molecule has 1 aliphatic heterocycles. The molecule has 1 N–H and O–H groups in total. The van der Waals surface area contributed by atoms with Crippen molar-refractivity contribution in [3.63, 3.8) is 0 Å². The molecule has 1 aliphatic rings. The maximum atomic E-state index is 13.2. The van der Waals surface area contributed by atoms with E-state index in [0.717, 1.165) is 0 Å². The summed E-state index contributed by atoms with van der Waals surface area (Å²) >= 11 is 0. The number of nitrogens with zero attached hydrogens (tertiary/aromatic N) is 2. The van der Waals surface area contributed by atoms with Gasteiger partial charge in [-0.2, -0.15) is 0 Å². The monoisotopic (exact) mass is 365 g/mol. The predicted octanol–water partition coefficient (Wildman–Crippen LogP) is 2.23. The summed E-state index contributed by atoms with van der Waals surface area (Å²) < 4.78 is 18.2. The van der Waals surface area contributed by atoms with Crippen LogP contribution in [0.25, 0.3) is 0 Å². The SMILES string of the molecule is CCOC(=O)N1CCC(N(CC(=O)Nc2cccc(F)c2)C(C)=O)CC1. The van der Waals surface area contributed by atoms with Crippen LogP contribution >= 0.6 is 0 Å². The zero-order valence-corrected chi connectivity index (χ0v) is 15.0. The highest BCUT2D eigenvalue weighted by Gasteiger charge is 2.29. The van der Waals surface area contributed by atoms with Crippen molar-refractivity contribution in [1.82, 2.24) is 9.80 Å². The second kappa shape index (κ2) is 9.17. The lowest BCUT2D eigenvalue weighted by atomic mass is 10.0. The molecule has 0 spiro atoms. The third-order valence-corrected chi connectivity index (χ3v) is 4.26. The molecule has 0 saturated carbocycles. The molecule has 0 radical (unpaired) electrons. The third-order valence-electron chi connectivity index (χ3n) is 4.26. The van der Waals surface area contributed by atoms with Crippen LogP contribution < -0.4 is 5.32 Å². The molecular weight excluding hydrogens is 341 g/mol. The highest BCUT2D eigenvalue weighted by atomic mass is 19.1. The second-order valence-electron chi connectivity index (χ2n) is 6.12. The molecule has 1 aromatic carbocycles. The molecule has 1 aromatic rings. The Kier molecular flexibility index (Phi) is 6.94. The molecule has 7 nitrogen and oxygen atoms in total. The van der Waals surface area contributed by atoms with Crippen molar-refractivity contribution in [2.45, 2.75) is 32.7 Å². The maximum Gasteiger partial charge on any atom is 0.409 e. The molecule has 0 bridgehead atoms. The first-order valence-electron chi connectivity index (χ1n) is 8.65. The Morgan fingerprint density at radius 2 is 2.00 bits per heavy atom. The Labute approximate surface area is 152 Å². The Balaban J connectivity index is 1.92. The van der Waals surface area contributed by atoms with Gasteiger partial charge in [-0.1, -0.05) is 6.07 Å². The van der Waals surface area contributed by atoms with Crippen molar-refractivity contribution in [2.75, 3.05) is 31.6 Å². The predicted molar refractivity (Wildman–Crippen MR) is 94.0 cm³/mol. The van der Waals surface area contributed by atoms with Gasteiger partial charge >= 0.3 is 6.09 Å². The lowest BCUT2D eigenvalue weighted by molar-refractivity contribution is -0.136. The Hall–Kier alpha value is -2.64. The molecule has 1 saturated heterocycles. The molecule has 0 unspecified atom stereocenters. The van der Waals surface area contributed by atoms with Crippen molar-refractivity contribution in [2.24, 2.45) is 0 Å². The number of amides is 3. The fraction of sp³-hybridized carbons (Fsp3) is 0.500. The summed E-state index contributed by atoms with van der Waals surface area (Å²) in [5, 5.41) is 2.59. The normalized spacial score (nSPS) is 14.7. The Morgan fingerprint density at radius 3 is 2.58 bits per heavy atom. The van der Waals surface area contributed by atoms with Gasteiger partial charge in [-0.25, -0.2) is 9.18 Å². The van der Waals surface area contributed by atoms with Crippen molar-refractivity contribution in [3.05, 3.63) is 30.1 Å². The molecule has 26 heavy (non-hydrogen) atoms. The van der Waals surface area contributed by atoms with E-state index >= 15 is 0 Å². The van der Waals surface area contributed by atoms with E-state index in [1.165, 1.54) is 30.0 Å². The van der Waals surface area contributed by atoms with Crippen LogP contribution in [-0.4, -0.2) is 60.0 Å². The minimum atomic E-state index is -0.447. The van der Waals surface area contributed by atoms with E-state index in [2.05, 4.69) is 5.32 Å². The summed E-state index contributed by atoms with van der Waals surface area (Å²) in [4.78, 5) is 39.1. The van der Waals surface area contributed by atoms with Crippen LogP contribution in [-0.2, 0) is 14.3 Å². The number of ether oxygens (including phenoxy) is 1. The summed E-state index contributed by atoms with van der Waals surface area (Å²) in [5.74, 6) is -1.05. The number of anilines is 1. The summed E-state index contributed by atoms with van der Waals surface area (Å²) in [6.07, 6.45) is 0.793. The van der Waals surface area contributed by atoms with E-state index < -0.39 is 11.7 Å². The minimum absolute atomic E-state index is 0.115. The van der Waals surface area contributed by atoms with Crippen molar-refractivity contribution >= 4 is 23.6 Å². The molecule has 2 rings (SSSR count). The lowest BCUT2D eigenvalue weighted by Crippen LogP contribution is -2.50. The number of rotatable bonds is 5. The van der Waals surface area contributed by atoms with Gasteiger partial charge < -0.3 is 19.9 Å². The first-order valence-corrected chi connectivity index (χ1v) is 8.65. The van der Waals surface area contributed by atoms with Crippen LogP contribution in [0.2, 0.25) is 0 Å². The van der Waals surface area contributed by atoms with Gasteiger partial charge in [0.05, 0.1) is 6.61 Å².